The summed E-state index contributed by atoms with van der Waals surface area (Å²) in [5, 5.41) is 9.20. The predicted octanol–water partition coefficient (Wildman–Crippen LogP) is 3.46. The number of carbonyl (C=O) groups excluding carboxylic acids is 2. The molecule has 1 atom stereocenters. The van der Waals surface area contributed by atoms with Gasteiger partial charge in [0.15, 0.2) is 0 Å². The molecule has 0 saturated carbocycles. The number of nitrogens with one attached hydrogen (secondary N) is 1. The largest absolute Gasteiger partial charge is 0.444 e. The zero-order valence-electron chi connectivity index (χ0n) is 19.0. The highest BCUT2D eigenvalue weighted by molar-refractivity contribution is 6.35. The maximum Gasteiger partial charge on any atom is 0.410 e. The molecule has 0 radical (unpaired) electrons. The van der Waals surface area contributed by atoms with E-state index in [1.807, 2.05) is 59.9 Å². The molecule has 1 aromatic heterocycles. The summed E-state index contributed by atoms with van der Waals surface area (Å²) >= 11 is 6.35. The van der Waals surface area contributed by atoms with Crippen molar-refractivity contribution in [3.05, 3.63) is 28.9 Å². The van der Waals surface area contributed by atoms with Crippen LogP contribution in [-0.4, -0.2) is 58.6 Å². The molecule has 1 fully saturated rings. The van der Waals surface area contributed by atoms with Gasteiger partial charge in [0.2, 0.25) is 5.91 Å². The Hall–Kier alpha value is -2.32. The topological polar surface area (TPSA) is 85.7 Å². The van der Waals surface area contributed by atoms with Crippen LogP contribution < -0.4 is 5.32 Å². The molecule has 8 nitrogen and oxygen atoms in total. The minimum Gasteiger partial charge on any atom is -0.444 e. The number of rotatable bonds is 3. The molecule has 170 valence electrons. The number of fused-ring (bicyclic) bond motifs is 1. The molecule has 0 bridgehead atoms. The quantitative estimate of drug-likeness (QED) is 0.773. The molecule has 2 heterocycles. The lowest BCUT2D eigenvalue weighted by Gasteiger charge is -2.30. The highest BCUT2D eigenvalue weighted by Crippen LogP contribution is 2.31. The van der Waals surface area contributed by atoms with Gasteiger partial charge in [0.25, 0.3) is 0 Å². The summed E-state index contributed by atoms with van der Waals surface area (Å²) in [5.74, 6) is -0.728. The fraction of sp³-hybridized carbons (Fsp3) is 0.591. The summed E-state index contributed by atoms with van der Waals surface area (Å²) in [7, 11) is 1.83. The molecule has 1 aliphatic rings. The van der Waals surface area contributed by atoms with Crippen LogP contribution in [0.4, 0.5) is 4.79 Å². The van der Waals surface area contributed by atoms with E-state index < -0.39 is 23.2 Å². The minimum absolute atomic E-state index is 0.207. The van der Waals surface area contributed by atoms with E-state index in [0.29, 0.717) is 18.2 Å². The molecule has 1 aromatic carbocycles. The van der Waals surface area contributed by atoms with Crippen LogP contribution in [0.25, 0.3) is 10.9 Å². The van der Waals surface area contributed by atoms with Crippen LogP contribution in [0, 0.1) is 5.92 Å². The van der Waals surface area contributed by atoms with E-state index in [2.05, 4.69) is 10.4 Å². The monoisotopic (exact) mass is 450 g/mol. The number of amides is 2. The Morgan fingerprint density at radius 1 is 1.26 bits per heavy atom. The van der Waals surface area contributed by atoms with E-state index in [1.165, 1.54) is 4.90 Å². The first-order valence-electron chi connectivity index (χ1n) is 10.4. The average molecular weight is 451 g/mol. The number of aromatic nitrogens is 2. The number of nitrogens with zero attached hydrogens (tertiary/aromatic N) is 3. The Labute approximate surface area is 187 Å². The predicted molar refractivity (Wildman–Crippen MR) is 119 cm³/mol. The second-order valence-corrected chi connectivity index (χ2v) is 9.83. The Balaban J connectivity index is 1.78. The smallest absolute Gasteiger partial charge is 0.410 e. The van der Waals surface area contributed by atoms with E-state index in [1.54, 1.807) is 4.68 Å². The van der Waals surface area contributed by atoms with Crippen molar-refractivity contribution in [2.45, 2.75) is 45.8 Å². The Morgan fingerprint density at radius 3 is 2.65 bits per heavy atom. The van der Waals surface area contributed by atoms with Crippen LogP contribution in [0.2, 0.25) is 5.02 Å². The number of aryl methyl sites for hydroxylation is 1. The molecule has 3 rings (SSSR count). The third kappa shape index (κ3) is 5.30. The van der Waals surface area contributed by atoms with Gasteiger partial charge in [0, 0.05) is 25.5 Å². The zero-order valence-corrected chi connectivity index (χ0v) is 19.7. The maximum atomic E-state index is 13.2. The molecule has 1 unspecified atom stereocenters. The molecular weight excluding hydrogens is 420 g/mol. The van der Waals surface area contributed by atoms with Crippen molar-refractivity contribution in [1.82, 2.24) is 20.0 Å². The summed E-state index contributed by atoms with van der Waals surface area (Å²) in [6.45, 7) is 10.4. The highest BCUT2D eigenvalue weighted by atomic mass is 35.5. The summed E-state index contributed by atoms with van der Waals surface area (Å²) in [4.78, 5) is 27.2. The Bertz CT molecular complexity index is 980. The van der Waals surface area contributed by atoms with Crippen molar-refractivity contribution in [2.75, 3.05) is 26.3 Å². The van der Waals surface area contributed by atoms with Crippen LogP contribution in [0.1, 0.15) is 40.3 Å². The van der Waals surface area contributed by atoms with Gasteiger partial charge in [-0.1, -0.05) is 23.7 Å². The SMILES string of the molecule is Cn1nc(C(C)(C)NC(=O)C2COCCN(C(=O)OC(C)(C)C)C2)c2cccc(Cl)c21. The van der Waals surface area contributed by atoms with Gasteiger partial charge >= 0.3 is 6.09 Å². The Morgan fingerprint density at radius 2 is 1.97 bits per heavy atom. The first kappa shape index (κ1) is 23.3. The molecule has 0 spiro atoms. The number of hydrogen-bond donors (Lipinski definition) is 1. The van der Waals surface area contributed by atoms with Crippen LogP contribution in [-0.2, 0) is 26.9 Å². The van der Waals surface area contributed by atoms with Crippen LogP contribution in [0.15, 0.2) is 18.2 Å². The highest BCUT2D eigenvalue weighted by Gasteiger charge is 2.35. The van der Waals surface area contributed by atoms with E-state index in [0.717, 1.165) is 16.6 Å². The lowest BCUT2D eigenvalue weighted by Crippen LogP contribution is -2.48. The second-order valence-electron chi connectivity index (χ2n) is 9.42. The van der Waals surface area contributed by atoms with Crippen molar-refractivity contribution < 1.29 is 19.1 Å². The summed E-state index contributed by atoms with van der Waals surface area (Å²) < 4.78 is 12.8. The van der Waals surface area contributed by atoms with Gasteiger partial charge in [-0.3, -0.25) is 9.48 Å². The maximum absolute atomic E-state index is 13.2. The number of hydrogen-bond acceptors (Lipinski definition) is 5. The number of halogens is 1. The number of ether oxygens (including phenoxy) is 2. The minimum atomic E-state index is -0.760. The van der Waals surface area contributed by atoms with E-state index in [4.69, 9.17) is 21.1 Å². The summed E-state index contributed by atoms with van der Waals surface area (Å²) in [5.41, 5.74) is 0.171. The van der Waals surface area contributed by atoms with Crippen molar-refractivity contribution in [3.8, 4) is 0 Å². The lowest BCUT2D eigenvalue weighted by molar-refractivity contribution is -0.128. The standard InChI is InChI=1S/C22H31ClN4O4/c1-21(2,3)31-20(29)27-10-11-30-13-14(12-27)19(28)24-22(4,5)18-15-8-7-9-16(23)17(15)26(6)25-18/h7-9,14H,10-13H2,1-6H3,(H,24,28). The number of benzene rings is 1. The molecule has 0 aliphatic carbocycles. The molecule has 2 amide bonds. The summed E-state index contributed by atoms with van der Waals surface area (Å²) in [6, 6.07) is 5.62. The van der Waals surface area contributed by atoms with Crippen LogP contribution >= 0.6 is 11.6 Å². The average Bonchev–Trinajstić information content (AvgIpc) is 2.84. The fourth-order valence-corrected chi connectivity index (χ4v) is 3.98. The van der Waals surface area contributed by atoms with Gasteiger partial charge in [-0.2, -0.15) is 5.10 Å². The van der Waals surface area contributed by atoms with Crippen LogP contribution in [0.5, 0.6) is 0 Å². The molecule has 1 saturated heterocycles. The molecule has 1 N–H and O–H groups in total. The third-order valence-electron chi connectivity index (χ3n) is 5.13. The van der Waals surface area contributed by atoms with Gasteiger partial charge < -0.3 is 19.7 Å². The Kier molecular flexibility index (Phi) is 6.53. The van der Waals surface area contributed by atoms with Crippen molar-refractivity contribution in [1.29, 1.82) is 0 Å². The van der Waals surface area contributed by atoms with Gasteiger partial charge in [-0.05, 0) is 40.7 Å². The molecule has 1 aliphatic heterocycles. The number of para-hydroxylation sites is 1. The number of carbonyl (C=O) groups is 2. The first-order valence-corrected chi connectivity index (χ1v) is 10.8. The molecule has 2 aromatic rings. The van der Waals surface area contributed by atoms with Gasteiger partial charge in [-0.15, -0.1) is 0 Å². The zero-order chi connectivity index (χ0) is 23.0. The van der Waals surface area contributed by atoms with E-state index in [9.17, 15) is 9.59 Å². The summed E-state index contributed by atoms with van der Waals surface area (Å²) in [6.07, 6.45) is -0.444. The molecule has 31 heavy (non-hydrogen) atoms. The fourth-order valence-electron chi connectivity index (χ4n) is 3.68. The lowest BCUT2D eigenvalue weighted by atomic mass is 9.96. The van der Waals surface area contributed by atoms with Gasteiger partial charge in [-0.25, -0.2) is 4.79 Å². The third-order valence-corrected chi connectivity index (χ3v) is 5.44. The van der Waals surface area contributed by atoms with E-state index >= 15 is 0 Å². The van der Waals surface area contributed by atoms with Crippen LogP contribution in [0.3, 0.4) is 0 Å². The molecule has 9 heteroatoms. The second kappa shape index (κ2) is 8.67. The van der Waals surface area contributed by atoms with Crippen molar-refractivity contribution in [3.63, 3.8) is 0 Å². The first-order chi connectivity index (χ1) is 14.4. The normalized spacial score (nSPS) is 18.0. The van der Waals surface area contributed by atoms with Crippen molar-refractivity contribution in [2.24, 2.45) is 13.0 Å². The van der Waals surface area contributed by atoms with Gasteiger partial charge in [0.1, 0.15) is 5.60 Å². The van der Waals surface area contributed by atoms with Gasteiger partial charge in [0.05, 0.1) is 40.9 Å². The molecular formula is C22H31ClN4O4. The van der Waals surface area contributed by atoms with E-state index in [-0.39, 0.29) is 19.1 Å². The van der Waals surface area contributed by atoms with Crippen molar-refractivity contribution >= 4 is 34.5 Å².